The van der Waals surface area contributed by atoms with Gasteiger partial charge >= 0.3 is 78.3 Å². The third-order valence-corrected chi connectivity index (χ3v) is 2.10. The summed E-state index contributed by atoms with van der Waals surface area (Å²) in [5, 5.41) is 8.37. The molecule has 0 spiro atoms. The second kappa shape index (κ2) is 4.10. The van der Waals surface area contributed by atoms with Gasteiger partial charge in [-0.25, -0.2) is 0 Å². The van der Waals surface area contributed by atoms with Gasteiger partial charge in [-0.1, -0.05) is 0 Å². The zero-order chi connectivity index (χ0) is 8.97. The molecule has 0 saturated heterocycles. The molecule has 0 fully saturated rings. The standard InChI is InChI=1S/C9H7O2Se/c10-9(11)6-5-7-3-1-2-4-8(7)12/h1-6H,(H,10,11)/b6-5+. The summed E-state index contributed by atoms with van der Waals surface area (Å²) >= 11 is 2.85. The number of aliphatic carboxylic acids is 1. The van der Waals surface area contributed by atoms with Crippen LogP contribution in [0, 0.1) is 0 Å². The van der Waals surface area contributed by atoms with Crippen molar-refractivity contribution >= 4 is 32.5 Å². The molecule has 0 aromatic heterocycles. The van der Waals surface area contributed by atoms with Crippen LogP contribution in [-0.4, -0.2) is 27.1 Å². The molecule has 61 valence electrons. The Hall–Kier alpha value is -1.05. The Bertz CT molecular complexity index is 318. The minimum absolute atomic E-state index is 0.889. The van der Waals surface area contributed by atoms with Crippen molar-refractivity contribution in [2.75, 3.05) is 0 Å². The molecule has 1 aromatic carbocycles. The van der Waals surface area contributed by atoms with Crippen LogP contribution in [0.3, 0.4) is 0 Å². The first-order valence-corrected chi connectivity index (χ1v) is 4.23. The van der Waals surface area contributed by atoms with E-state index in [4.69, 9.17) is 5.11 Å². The van der Waals surface area contributed by atoms with Crippen molar-refractivity contribution in [1.82, 2.24) is 0 Å². The van der Waals surface area contributed by atoms with Crippen LogP contribution in [0.4, 0.5) is 0 Å². The van der Waals surface area contributed by atoms with E-state index in [0.29, 0.717) is 0 Å². The minimum atomic E-state index is -0.932. The fourth-order valence-electron chi connectivity index (χ4n) is 0.779. The summed E-state index contributed by atoms with van der Waals surface area (Å²) in [6, 6.07) is 7.50. The normalized spacial score (nSPS) is 10.3. The van der Waals surface area contributed by atoms with Crippen LogP contribution < -0.4 is 4.46 Å². The topological polar surface area (TPSA) is 37.3 Å². The molecule has 0 bridgehead atoms. The number of rotatable bonds is 2. The zero-order valence-electron chi connectivity index (χ0n) is 6.23. The molecule has 0 aliphatic rings. The molecule has 0 heterocycles. The quantitative estimate of drug-likeness (QED) is 0.591. The molecule has 1 N–H and O–H groups in total. The molecule has 0 amide bonds. The molecule has 1 aromatic rings. The number of benzene rings is 1. The van der Waals surface area contributed by atoms with Gasteiger partial charge in [0.1, 0.15) is 0 Å². The van der Waals surface area contributed by atoms with E-state index in [1.807, 2.05) is 24.3 Å². The van der Waals surface area contributed by atoms with Crippen LogP contribution in [0.5, 0.6) is 0 Å². The number of carboxylic acids is 1. The predicted molar refractivity (Wildman–Crippen MR) is 48.5 cm³/mol. The van der Waals surface area contributed by atoms with Crippen molar-refractivity contribution in [2.24, 2.45) is 0 Å². The van der Waals surface area contributed by atoms with E-state index in [9.17, 15) is 4.79 Å². The van der Waals surface area contributed by atoms with E-state index < -0.39 is 5.97 Å². The van der Waals surface area contributed by atoms with Crippen LogP contribution >= 0.6 is 0 Å². The van der Waals surface area contributed by atoms with Crippen molar-refractivity contribution < 1.29 is 9.90 Å². The maximum absolute atomic E-state index is 10.2. The van der Waals surface area contributed by atoms with Gasteiger partial charge in [-0.3, -0.25) is 0 Å². The fraction of sp³-hybridized carbons (Fsp3) is 0. The van der Waals surface area contributed by atoms with Gasteiger partial charge in [-0.15, -0.1) is 0 Å². The van der Waals surface area contributed by atoms with E-state index in [2.05, 4.69) is 16.0 Å². The van der Waals surface area contributed by atoms with Gasteiger partial charge in [0.2, 0.25) is 0 Å². The van der Waals surface area contributed by atoms with E-state index in [1.54, 1.807) is 6.08 Å². The van der Waals surface area contributed by atoms with E-state index >= 15 is 0 Å². The monoisotopic (exact) mass is 227 g/mol. The van der Waals surface area contributed by atoms with Crippen molar-refractivity contribution in [1.29, 1.82) is 0 Å². The van der Waals surface area contributed by atoms with Crippen molar-refractivity contribution in [3.05, 3.63) is 35.9 Å². The third kappa shape index (κ3) is 2.53. The van der Waals surface area contributed by atoms with Crippen LogP contribution in [0.1, 0.15) is 5.56 Å². The number of carbonyl (C=O) groups is 1. The van der Waals surface area contributed by atoms with Gasteiger partial charge in [-0.05, 0) is 0 Å². The van der Waals surface area contributed by atoms with Crippen LogP contribution in [0.2, 0.25) is 0 Å². The van der Waals surface area contributed by atoms with Crippen LogP contribution in [0.25, 0.3) is 6.08 Å². The molecule has 0 atom stereocenters. The average Bonchev–Trinajstić information content (AvgIpc) is 2.03. The SMILES string of the molecule is O=C(O)/C=C/c1ccccc1[Se]. The summed E-state index contributed by atoms with van der Waals surface area (Å²) < 4.78 is 0.954. The average molecular weight is 226 g/mol. The number of hydrogen-bond acceptors (Lipinski definition) is 1. The second-order valence-electron chi connectivity index (χ2n) is 2.21. The first kappa shape index (κ1) is 9.04. The Balaban J connectivity index is 2.89. The Morgan fingerprint density at radius 2 is 2.08 bits per heavy atom. The van der Waals surface area contributed by atoms with Crippen molar-refractivity contribution in [2.45, 2.75) is 0 Å². The summed E-state index contributed by atoms with van der Waals surface area (Å²) in [5.41, 5.74) is 0.889. The van der Waals surface area contributed by atoms with Gasteiger partial charge in [0.15, 0.2) is 0 Å². The molecule has 0 aliphatic carbocycles. The van der Waals surface area contributed by atoms with E-state index in [-0.39, 0.29) is 0 Å². The summed E-state index contributed by atoms with van der Waals surface area (Å²) in [6.45, 7) is 0. The predicted octanol–water partition coefficient (Wildman–Crippen LogP) is 0.578. The number of carboxylic acid groups (broad SMARTS) is 1. The Morgan fingerprint density at radius 3 is 2.67 bits per heavy atom. The van der Waals surface area contributed by atoms with Gasteiger partial charge in [0, 0.05) is 0 Å². The van der Waals surface area contributed by atoms with Gasteiger partial charge in [-0.2, -0.15) is 0 Å². The van der Waals surface area contributed by atoms with Crippen molar-refractivity contribution in [3.63, 3.8) is 0 Å². The fourth-order valence-corrected chi connectivity index (χ4v) is 1.23. The Labute approximate surface area is 78.7 Å². The first-order valence-electron chi connectivity index (χ1n) is 3.37. The summed E-state index contributed by atoms with van der Waals surface area (Å²) in [6.07, 6.45) is 2.68. The maximum atomic E-state index is 10.2. The molecule has 0 aliphatic heterocycles. The molecule has 12 heavy (non-hydrogen) atoms. The van der Waals surface area contributed by atoms with Gasteiger partial charge < -0.3 is 0 Å². The second-order valence-corrected chi connectivity index (χ2v) is 3.13. The molecule has 2 nitrogen and oxygen atoms in total. The summed E-state index contributed by atoms with van der Waals surface area (Å²) in [7, 11) is 0. The third-order valence-electron chi connectivity index (χ3n) is 1.32. The van der Waals surface area contributed by atoms with Gasteiger partial charge in [0.05, 0.1) is 0 Å². The molecule has 0 unspecified atom stereocenters. The molecule has 0 saturated carbocycles. The molecule has 3 heteroatoms. The van der Waals surface area contributed by atoms with Gasteiger partial charge in [0.25, 0.3) is 0 Å². The molecular formula is C9H7O2Se. The Morgan fingerprint density at radius 1 is 1.42 bits per heavy atom. The van der Waals surface area contributed by atoms with Crippen molar-refractivity contribution in [3.8, 4) is 0 Å². The van der Waals surface area contributed by atoms with Crippen LogP contribution in [0.15, 0.2) is 30.3 Å². The number of hydrogen-bond donors (Lipinski definition) is 1. The first-order chi connectivity index (χ1) is 5.70. The molecule has 1 rings (SSSR count). The summed E-state index contributed by atoms with van der Waals surface area (Å²) in [5.74, 6) is -0.932. The Kier molecular flexibility index (Phi) is 3.09. The van der Waals surface area contributed by atoms with E-state index in [0.717, 1.165) is 16.1 Å². The summed E-state index contributed by atoms with van der Waals surface area (Å²) in [4.78, 5) is 10.2. The van der Waals surface area contributed by atoms with Crippen LogP contribution in [-0.2, 0) is 4.79 Å². The van der Waals surface area contributed by atoms with E-state index in [1.165, 1.54) is 0 Å². The molecule has 1 radical (unpaired) electrons. The molecular weight excluding hydrogens is 219 g/mol. The zero-order valence-corrected chi connectivity index (χ0v) is 7.94.